The van der Waals surface area contributed by atoms with Crippen molar-refractivity contribution in [2.75, 3.05) is 19.0 Å². The van der Waals surface area contributed by atoms with E-state index in [4.69, 9.17) is 14.7 Å². The number of amides is 1. The maximum absolute atomic E-state index is 12.3. The Morgan fingerprint density at radius 2 is 1.90 bits per heavy atom. The van der Waals surface area contributed by atoms with Crippen LogP contribution in [0.3, 0.4) is 0 Å². The van der Waals surface area contributed by atoms with E-state index in [0.717, 1.165) is 0 Å². The van der Waals surface area contributed by atoms with Crippen molar-refractivity contribution in [2.45, 2.75) is 17.9 Å². The highest BCUT2D eigenvalue weighted by atomic mass is 32.2. The van der Waals surface area contributed by atoms with Crippen molar-refractivity contribution in [1.82, 2.24) is 4.72 Å². The van der Waals surface area contributed by atoms with Gasteiger partial charge < -0.3 is 14.8 Å². The van der Waals surface area contributed by atoms with Gasteiger partial charge in [0.1, 0.15) is 18.4 Å². The third-order valence-electron chi connectivity index (χ3n) is 3.72. The molecule has 0 spiro atoms. The van der Waals surface area contributed by atoms with E-state index < -0.39 is 34.5 Å². The van der Waals surface area contributed by atoms with Crippen molar-refractivity contribution < 1.29 is 27.5 Å². The van der Waals surface area contributed by atoms with Gasteiger partial charge in [-0.3, -0.25) is 9.59 Å². The zero-order chi connectivity index (χ0) is 21.4. The number of hydrogen-bond acceptors (Lipinski definition) is 7. The zero-order valence-corrected chi connectivity index (χ0v) is 16.5. The monoisotopic (exact) mass is 417 g/mol. The van der Waals surface area contributed by atoms with E-state index in [2.05, 4.69) is 10.0 Å². The average molecular weight is 417 g/mol. The number of carbonyl (C=O) groups excluding carboxylic acids is 2. The maximum Gasteiger partial charge on any atom is 0.321 e. The first kappa shape index (κ1) is 21.9. The highest BCUT2D eigenvalue weighted by Crippen LogP contribution is 2.17. The molecular weight excluding hydrogens is 398 g/mol. The summed E-state index contributed by atoms with van der Waals surface area (Å²) in [5.41, 5.74) is 0.394. The van der Waals surface area contributed by atoms with Crippen molar-refractivity contribution in [3.05, 3.63) is 54.1 Å². The third-order valence-corrected chi connectivity index (χ3v) is 5.18. The number of nitriles is 1. The van der Waals surface area contributed by atoms with Crippen LogP contribution in [0.5, 0.6) is 5.75 Å². The zero-order valence-electron chi connectivity index (χ0n) is 15.7. The van der Waals surface area contributed by atoms with E-state index in [1.807, 2.05) is 0 Å². The first-order valence-electron chi connectivity index (χ1n) is 8.40. The van der Waals surface area contributed by atoms with E-state index >= 15 is 0 Å². The Kier molecular flexibility index (Phi) is 7.30. The van der Waals surface area contributed by atoms with Gasteiger partial charge in [-0.2, -0.15) is 9.98 Å². The number of nitrogens with one attached hydrogen (secondary N) is 2. The van der Waals surface area contributed by atoms with Gasteiger partial charge in [0.2, 0.25) is 10.0 Å². The molecule has 0 saturated heterocycles. The highest BCUT2D eigenvalue weighted by Gasteiger charge is 2.22. The molecule has 2 N–H and O–H groups in total. The van der Waals surface area contributed by atoms with Gasteiger partial charge in [0.25, 0.3) is 5.91 Å². The van der Waals surface area contributed by atoms with E-state index in [9.17, 15) is 18.0 Å². The number of ether oxygens (including phenoxy) is 2. The van der Waals surface area contributed by atoms with Crippen LogP contribution in [0.15, 0.2) is 53.4 Å². The number of sulfonamides is 1. The van der Waals surface area contributed by atoms with Gasteiger partial charge in [-0.25, -0.2) is 8.42 Å². The summed E-state index contributed by atoms with van der Waals surface area (Å²) in [7, 11) is -2.61. The molecule has 0 saturated carbocycles. The SMILES string of the molecule is COc1cccc(NC(=O)[C@@H](C)OC(=O)CNS(=O)(=O)c2ccccc2C#N)c1. The van der Waals surface area contributed by atoms with Gasteiger partial charge in [-0.05, 0) is 31.2 Å². The molecule has 0 aliphatic heterocycles. The number of benzene rings is 2. The van der Waals surface area contributed by atoms with Crippen molar-refractivity contribution in [1.29, 1.82) is 5.26 Å². The van der Waals surface area contributed by atoms with Gasteiger partial charge in [0, 0.05) is 11.8 Å². The van der Waals surface area contributed by atoms with Gasteiger partial charge in [-0.15, -0.1) is 0 Å². The molecule has 2 rings (SSSR count). The second kappa shape index (κ2) is 9.68. The second-order valence-electron chi connectivity index (χ2n) is 5.79. The minimum Gasteiger partial charge on any atom is -0.497 e. The summed E-state index contributed by atoms with van der Waals surface area (Å²) in [6, 6.07) is 14.0. The number of nitrogens with zero attached hydrogens (tertiary/aromatic N) is 1. The van der Waals surface area contributed by atoms with Gasteiger partial charge >= 0.3 is 5.97 Å². The Balaban J connectivity index is 1.92. The minimum absolute atomic E-state index is 0.0561. The van der Waals surface area contributed by atoms with E-state index in [0.29, 0.717) is 11.4 Å². The number of hydrogen-bond donors (Lipinski definition) is 2. The number of esters is 1. The topological polar surface area (TPSA) is 135 Å². The van der Waals surface area contributed by atoms with Crippen LogP contribution in [0.25, 0.3) is 0 Å². The summed E-state index contributed by atoms with van der Waals surface area (Å²) in [6.07, 6.45) is -1.16. The minimum atomic E-state index is -4.10. The Morgan fingerprint density at radius 1 is 1.17 bits per heavy atom. The first-order valence-corrected chi connectivity index (χ1v) is 9.88. The van der Waals surface area contributed by atoms with Gasteiger partial charge in [0.15, 0.2) is 6.10 Å². The Hall–Kier alpha value is -3.42. The fraction of sp³-hybridized carbons (Fsp3) is 0.211. The lowest BCUT2D eigenvalue weighted by Gasteiger charge is -2.14. The van der Waals surface area contributed by atoms with Crippen LogP contribution in [0.1, 0.15) is 12.5 Å². The molecule has 0 unspecified atom stereocenters. The predicted octanol–water partition coefficient (Wildman–Crippen LogP) is 1.42. The molecule has 0 aliphatic carbocycles. The van der Waals surface area contributed by atoms with Crippen LogP contribution in [0.4, 0.5) is 5.69 Å². The summed E-state index contributed by atoms with van der Waals surface area (Å²) >= 11 is 0. The average Bonchev–Trinajstić information content (AvgIpc) is 2.72. The maximum atomic E-state index is 12.3. The van der Waals surface area contributed by atoms with Crippen LogP contribution >= 0.6 is 0 Å². The Bertz CT molecular complexity index is 1050. The van der Waals surface area contributed by atoms with Gasteiger partial charge in [-0.1, -0.05) is 18.2 Å². The predicted molar refractivity (Wildman–Crippen MR) is 104 cm³/mol. The van der Waals surface area contributed by atoms with E-state index in [1.54, 1.807) is 30.3 Å². The van der Waals surface area contributed by atoms with Crippen molar-refractivity contribution in [3.8, 4) is 11.8 Å². The molecule has 1 amide bonds. The van der Waals surface area contributed by atoms with Crippen LogP contribution < -0.4 is 14.8 Å². The molecule has 29 heavy (non-hydrogen) atoms. The molecule has 0 fully saturated rings. The normalized spacial score (nSPS) is 11.8. The molecule has 0 bridgehead atoms. The van der Waals surface area contributed by atoms with Crippen molar-refractivity contribution in [3.63, 3.8) is 0 Å². The fourth-order valence-electron chi connectivity index (χ4n) is 2.26. The molecular formula is C19H19N3O6S. The molecule has 0 aromatic heterocycles. The molecule has 0 aliphatic rings. The summed E-state index contributed by atoms with van der Waals surface area (Å²) in [5, 5.41) is 11.6. The number of carbonyl (C=O) groups is 2. The Morgan fingerprint density at radius 3 is 2.59 bits per heavy atom. The molecule has 1 atom stereocenters. The molecule has 0 heterocycles. The summed E-state index contributed by atoms with van der Waals surface area (Å²) < 4.78 is 36.6. The lowest BCUT2D eigenvalue weighted by molar-refractivity contribution is -0.151. The standard InChI is InChI=1S/C19H19N3O6S/c1-13(19(24)22-15-7-5-8-16(10-15)27-2)28-18(23)12-21-29(25,26)17-9-4-3-6-14(17)11-20/h3-10,13,21H,12H2,1-2H3,(H,22,24)/t13-/m1/s1. The van der Waals surface area contributed by atoms with Crippen LogP contribution in [0, 0.1) is 11.3 Å². The van der Waals surface area contributed by atoms with Crippen LogP contribution in [-0.4, -0.2) is 40.1 Å². The largest absolute Gasteiger partial charge is 0.497 e. The van der Waals surface area contributed by atoms with Crippen LogP contribution in [-0.2, 0) is 24.3 Å². The molecule has 9 nitrogen and oxygen atoms in total. The quantitative estimate of drug-likeness (QED) is 0.620. The van der Waals surface area contributed by atoms with Crippen LogP contribution in [0.2, 0.25) is 0 Å². The molecule has 152 valence electrons. The highest BCUT2D eigenvalue weighted by molar-refractivity contribution is 7.89. The molecule has 2 aromatic rings. The second-order valence-corrected chi connectivity index (χ2v) is 7.52. The fourth-order valence-corrected chi connectivity index (χ4v) is 3.39. The molecule has 0 radical (unpaired) electrons. The first-order chi connectivity index (χ1) is 13.8. The van der Waals surface area contributed by atoms with Gasteiger partial charge in [0.05, 0.1) is 17.6 Å². The number of rotatable bonds is 8. The van der Waals surface area contributed by atoms with E-state index in [-0.39, 0.29) is 10.5 Å². The summed E-state index contributed by atoms with van der Waals surface area (Å²) in [4.78, 5) is 23.8. The third kappa shape index (κ3) is 6.03. The molecule has 10 heteroatoms. The van der Waals surface area contributed by atoms with E-state index in [1.165, 1.54) is 38.3 Å². The summed E-state index contributed by atoms with van der Waals surface area (Å²) in [5.74, 6) is -1.000. The van der Waals surface area contributed by atoms with Crippen molar-refractivity contribution >= 4 is 27.6 Å². The number of anilines is 1. The molecule has 2 aromatic carbocycles. The lowest BCUT2D eigenvalue weighted by atomic mass is 10.2. The summed E-state index contributed by atoms with van der Waals surface area (Å²) in [6.45, 7) is 0.658. The number of methoxy groups -OCH3 is 1. The smallest absolute Gasteiger partial charge is 0.321 e. The lowest BCUT2D eigenvalue weighted by Crippen LogP contribution is -2.36. The van der Waals surface area contributed by atoms with Crippen molar-refractivity contribution in [2.24, 2.45) is 0 Å². The Labute approximate surface area is 168 Å².